The molecule has 0 aromatic rings. The Kier molecular flexibility index (Phi) is 11.1. The number of likely N-dealkylation sites (N-methyl/N-ethyl adjacent to an activating group) is 1. The van der Waals surface area contributed by atoms with Crippen molar-refractivity contribution in [3.8, 4) is 0 Å². The van der Waals surface area contributed by atoms with Gasteiger partial charge < -0.3 is 14.5 Å². The SMILES string of the molecule is COCCN1CCC(CN(C)C(=O)C2C=CCN2)CC1.Cl.Cl. The lowest BCUT2D eigenvalue weighted by Gasteiger charge is -2.34. The zero-order valence-corrected chi connectivity index (χ0v) is 15.1. The van der Waals surface area contributed by atoms with Gasteiger partial charge in [0, 0.05) is 33.8 Å². The minimum absolute atomic E-state index is 0. The van der Waals surface area contributed by atoms with Crippen molar-refractivity contribution in [2.24, 2.45) is 5.92 Å². The average molecular weight is 354 g/mol. The highest BCUT2D eigenvalue weighted by Gasteiger charge is 2.25. The molecule has 0 aliphatic carbocycles. The van der Waals surface area contributed by atoms with Crippen LogP contribution in [0.2, 0.25) is 0 Å². The lowest BCUT2D eigenvalue weighted by atomic mass is 9.96. The molecule has 0 spiro atoms. The number of likely N-dealkylation sites (tertiary alicyclic amines) is 1. The normalized spacial score (nSPS) is 22.0. The first-order valence-corrected chi connectivity index (χ1v) is 7.57. The van der Waals surface area contributed by atoms with E-state index in [1.807, 2.05) is 24.1 Å². The molecule has 22 heavy (non-hydrogen) atoms. The average Bonchev–Trinajstić information content (AvgIpc) is 3.00. The van der Waals surface area contributed by atoms with E-state index in [0.29, 0.717) is 5.92 Å². The van der Waals surface area contributed by atoms with Crippen molar-refractivity contribution in [3.63, 3.8) is 0 Å². The van der Waals surface area contributed by atoms with Crippen LogP contribution in [0.15, 0.2) is 12.2 Å². The predicted octanol–water partition coefficient (Wildman–Crippen LogP) is 1.17. The van der Waals surface area contributed by atoms with Crippen molar-refractivity contribution in [1.29, 1.82) is 0 Å². The van der Waals surface area contributed by atoms with Gasteiger partial charge in [-0.25, -0.2) is 0 Å². The quantitative estimate of drug-likeness (QED) is 0.728. The van der Waals surface area contributed by atoms with E-state index < -0.39 is 0 Å². The summed E-state index contributed by atoms with van der Waals surface area (Å²) in [5.74, 6) is 0.827. The smallest absolute Gasteiger partial charge is 0.243 e. The highest BCUT2D eigenvalue weighted by atomic mass is 35.5. The molecule has 2 aliphatic heterocycles. The largest absolute Gasteiger partial charge is 0.383 e. The van der Waals surface area contributed by atoms with Crippen molar-refractivity contribution in [2.75, 3.05) is 53.5 Å². The first-order chi connectivity index (χ1) is 9.70. The highest BCUT2D eigenvalue weighted by Crippen LogP contribution is 2.18. The van der Waals surface area contributed by atoms with Crippen LogP contribution >= 0.6 is 24.8 Å². The molecule has 2 heterocycles. The molecule has 1 fully saturated rings. The Morgan fingerprint density at radius 1 is 1.36 bits per heavy atom. The van der Waals surface area contributed by atoms with Crippen molar-refractivity contribution >= 4 is 30.7 Å². The minimum Gasteiger partial charge on any atom is -0.383 e. The number of nitrogens with one attached hydrogen (secondary N) is 1. The van der Waals surface area contributed by atoms with E-state index in [2.05, 4.69) is 10.2 Å². The van der Waals surface area contributed by atoms with Gasteiger partial charge in [0.1, 0.15) is 6.04 Å². The number of carbonyl (C=O) groups excluding carboxylic acids is 1. The van der Waals surface area contributed by atoms with E-state index in [0.717, 1.165) is 39.3 Å². The lowest BCUT2D eigenvalue weighted by molar-refractivity contribution is -0.131. The minimum atomic E-state index is -0.109. The summed E-state index contributed by atoms with van der Waals surface area (Å²) in [5, 5.41) is 3.18. The van der Waals surface area contributed by atoms with Gasteiger partial charge in [-0.1, -0.05) is 12.2 Å². The van der Waals surface area contributed by atoms with E-state index in [1.165, 1.54) is 12.8 Å². The van der Waals surface area contributed by atoms with Crippen LogP contribution in [0.1, 0.15) is 12.8 Å². The van der Waals surface area contributed by atoms with Crippen LogP contribution in [0.4, 0.5) is 0 Å². The van der Waals surface area contributed by atoms with Gasteiger partial charge in [-0.2, -0.15) is 0 Å². The zero-order chi connectivity index (χ0) is 14.4. The van der Waals surface area contributed by atoms with Crippen molar-refractivity contribution in [1.82, 2.24) is 15.1 Å². The molecule has 0 saturated carbocycles. The molecule has 0 aromatic heterocycles. The Labute approximate surface area is 146 Å². The molecule has 1 saturated heterocycles. The van der Waals surface area contributed by atoms with Crippen LogP contribution in [0.3, 0.4) is 0 Å². The fraction of sp³-hybridized carbons (Fsp3) is 0.800. The zero-order valence-electron chi connectivity index (χ0n) is 13.5. The van der Waals surface area contributed by atoms with E-state index in [-0.39, 0.29) is 36.8 Å². The molecule has 130 valence electrons. The van der Waals surface area contributed by atoms with Gasteiger partial charge in [-0.05, 0) is 31.8 Å². The molecular formula is C15H29Cl2N3O2. The molecule has 0 bridgehead atoms. The molecule has 0 aromatic carbocycles. The van der Waals surface area contributed by atoms with Crippen molar-refractivity contribution in [2.45, 2.75) is 18.9 Å². The Bertz CT molecular complexity index is 348. The second kappa shape index (κ2) is 11.2. The maximum atomic E-state index is 12.2. The third-order valence-electron chi connectivity index (χ3n) is 4.28. The number of piperidine rings is 1. The summed E-state index contributed by atoms with van der Waals surface area (Å²) in [6, 6.07) is -0.109. The van der Waals surface area contributed by atoms with E-state index in [1.54, 1.807) is 7.11 Å². The summed E-state index contributed by atoms with van der Waals surface area (Å²) < 4.78 is 5.12. The molecule has 1 atom stereocenters. The molecule has 5 nitrogen and oxygen atoms in total. The predicted molar refractivity (Wildman–Crippen MR) is 94.1 cm³/mol. The summed E-state index contributed by atoms with van der Waals surface area (Å²) in [7, 11) is 3.67. The summed E-state index contributed by atoms with van der Waals surface area (Å²) in [5.41, 5.74) is 0. The summed E-state index contributed by atoms with van der Waals surface area (Å²) in [6.07, 6.45) is 6.33. The number of nitrogens with zero attached hydrogens (tertiary/aromatic N) is 2. The fourth-order valence-electron chi connectivity index (χ4n) is 2.96. The van der Waals surface area contributed by atoms with Crippen LogP contribution in [0.5, 0.6) is 0 Å². The maximum absolute atomic E-state index is 12.2. The number of halogens is 2. The number of rotatable bonds is 6. The first kappa shape index (κ1) is 21.7. The monoisotopic (exact) mass is 353 g/mol. The van der Waals surface area contributed by atoms with E-state index >= 15 is 0 Å². The van der Waals surface area contributed by atoms with Crippen LogP contribution in [0, 0.1) is 5.92 Å². The number of hydrogen-bond donors (Lipinski definition) is 1. The molecule has 1 amide bonds. The number of carbonyl (C=O) groups is 1. The molecule has 2 rings (SSSR count). The molecule has 2 aliphatic rings. The third-order valence-corrected chi connectivity index (χ3v) is 4.28. The Morgan fingerprint density at radius 3 is 2.59 bits per heavy atom. The maximum Gasteiger partial charge on any atom is 0.243 e. The van der Waals surface area contributed by atoms with Gasteiger partial charge in [-0.15, -0.1) is 24.8 Å². The van der Waals surface area contributed by atoms with Crippen LogP contribution < -0.4 is 5.32 Å². The van der Waals surface area contributed by atoms with E-state index in [4.69, 9.17) is 4.74 Å². The molecular weight excluding hydrogens is 325 g/mol. The number of amides is 1. The van der Waals surface area contributed by atoms with Crippen LogP contribution in [-0.2, 0) is 9.53 Å². The third kappa shape index (κ3) is 6.42. The van der Waals surface area contributed by atoms with Crippen LogP contribution in [0.25, 0.3) is 0 Å². The van der Waals surface area contributed by atoms with E-state index in [9.17, 15) is 4.79 Å². The standard InChI is InChI=1S/C15H27N3O2.2ClH/c1-17(15(19)14-4-3-7-16-14)12-13-5-8-18(9-6-13)10-11-20-2;;/h3-4,13-14,16H,5-12H2,1-2H3;2*1H. The summed E-state index contributed by atoms with van der Waals surface area (Å²) in [6.45, 7) is 5.76. The number of hydrogen-bond acceptors (Lipinski definition) is 4. The second-order valence-corrected chi connectivity index (χ2v) is 5.81. The lowest BCUT2D eigenvalue weighted by Crippen LogP contribution is -2.45. The summed E-state index contributed by atoms with van der Waals surface area (Å²) >= 11 is 0. The first-order valence-electron chi connectivity index (χ1n) is 7.57. The molecule has 1 N–H and O–H groups in total. The number of methoxy groups -OCH3 is 1. The van der Waals surface area contributed by atoms with Gasteiger partial charge in [0.15, 0.2) is 0 Å². The fourth-order valence-corrected chi connectivity index (χ4v) is 2.96. The Morgan fingerprint density at radius 2 is 2.05 bits per heavy atom. The Balaban J connectivity index is 0.00000220. The second-order valence-electron chi connectivity index (χ2n) is 5.81. The number of ether oxygens (including phenoxy) is 1. The molecule has 0 radical (unpaired) electrons. The van der Waals surface area contributed by atoms with Gasteiger partial charge >= 0.3 is 0 Å². The highest BCUT2D eigenvalue weighted by molar-refractivity contribution is 5.85. The van der Waals surface area contributed by atoms with Gasteiger partial charge in [0.05, 0.1) is 6.61 Å². The van der Waals surface area contributed by atoms with Crippen molar-refractivity contribution in [3.05, 3.63) is 12.2 Å². The topological polar surface area (TPSA) is 44.8 Å². The Hall–Kier alpha value is -0.330. The summed E-state index contributed by atoms with van der Waals surface area (Å²) in [4.78, 5) is 16.5. The molecule has 1 unspecified atom stereocenters. The molecule has 7 heteroatoms. The van der Waals surface area contributed by atoms with Gasteiger partial charge in [0.25, 0.3) is 0 Å². The van der Waals surface area contributed by atoms with Gasteiger partial charge in [0.2, 0.25) is 5.91 Å². The van der Waals surface area contributed by atoms with Crippen LogP contribution in [-0.4, -0.2) is 75.2 Å². The van der Waals surface area contributed by atoms with Crippen molar-refractivity contribution < 1.29 is 9.53 Å². The van der Waals surface area contributed by atoms with Gasteiger partial charge in [-0.3, -0.25) is 10.1 Å².